The van der Waals surface area contributed by atoms with Crippen molar-refractivity contribution in [2.75, 3.05) is 40.4 Å². The smallest absolute Gasteiger partial charge is 0.253 e. The van der Waals surface area contributed by atoms with E-state index in [0.717, 1.165) is 0 Å². The molecule has 2 saturated heterocycles. The predicted molar refractivity (Wildman–Crippen MR) is 88.4 cm³/mol. The zero-order valence-electron chi connectivity index (χ0n) is 14.2. The van der Waals surface area contributed by atoms with Crippen LogP contribution in [0.3, 0.4) is 0 Å². The highest BCUT2D eigenvalue weighted by atomic mass is 16.7. The van der Waals surface area contributed by atoms with Gasteiger partial charge >= 0.3 is 0 Å². The van der Waals surface area contributed by atoms with E-state index in [1.165, 1.54) is 0 Å². The Morgan fingerprint density at radius 2 is 1.88 bits per heavy atom. The molecule has 1 unspecified atom stereocenters. The number of carbonyl (C=O) groups is 2. The molecular formula is C18H24N2O4. The fourth-order valence-electron chi connectivity index (χ4n) is 3.40. The Morgan fingerprint density at radius 3 is 2.50 bits per heavy atom. The topological polar surface area (TPSA) is 59.1 Å². The molecule has 0 radical (unpaired) electrons. The monoisotopic (exact) mass is 332 g/mol. The molecule has 1 aromatic rings. The Morgan fingerprint density at radius 1 is 1.21 bits per heavy atom. The van der Waals surface area contributed by atoms with E-state index in [9.17, 15) is 9.59 Å². The van der Waals surface area contributed by atoms with Crippen LogP contribution in [-0.2, 0) is 14.3 Å². The molecule has 6 nitrogen and oxygen atoms in total. The van der Waals surface area contributed by atoms with Crippen LogP contribution in [0.2, 0.25) is 0 Å². The van der Waals surface area contributed by atoms with E-state index in [4.69, 9.17) is 9.47 Å². The second kappa shape index (κ2) is 6.91. The minimum absolute atomic E-state index is 0.00857. The van der Waals surface area contributed by atoms with Crippen LogP contribution < -0.4 is 0 Å². The van der Waals surface area contributed by atoms with Crippen LogP contribution >= 0.6 is 0 Å². The van der Waals surface area contributed by atoms with Gasteiger partial charge in [0.25, 0.3) is 5.91 Å². The van der Waals surface area contributed by atoms with E-state index >= 15 is 0 Å². The van der Waals surface area contributed by atoms with Crippen molar-refractivity contribution in [1.82, 2.24) is 9.80 Å². The van der Waals surface area contributed by atoms with Gasteiger partial charge in [-0.1, -0.05) is 18.2 Å². The predicted octanol–water partition coefficient (Wildman–Crippen LogP) is 1.37. The molecule has 2 amide bonds. The Bertz CT molecular complexity index is 596. The van der Waals surface area contributed by atoms with Crippen molar-refractivity contribution in [2.45, 2.75) is 18.6 Å². The molecule has 0 bridgehead atoms. The number of benzene rings is 1. The summed E-state index contributed by atoms with van der Waals surface area (Å²) >= 11 is 0. The molecular weight excluding hydrogens is 308 g/mol. The molecule has 1 spiro atoms. The Balaban J connectivity index is 1.76. The quantitative estimate of drug-likeness (QED) is 0.839. The van der Waals surface area contributed by atoms with Gasteiger partial charge in [-0.3, -0.25) is 9.59 Å². The maximum Gasteiger partial charge on any atom is 0.253 e. The zero-order chi connectivity index (χ0) is 17.2. The van der Waals surface area contributed by atoms with Crippen LogP contribution in [0.4, 0.5) is 0 Å². The van der Waals surface area contributed by atoms with Gasteiger partial charge in [0.15, 0.2) is 5.79 Å². The summed E-state index contributed by atoms with van der Waals surface area (Å²) in [6.45, 7) is 2.12. The number of rotatable bonds is 3. The number of carbonyl (C=O) groups excluding carboxylic acids is 2. The standard InChI is InChI=1S/C18H24N2O4/c1-19(2)16(21)12-15-13-20(9-8-18(15)23-10-11-24-18)17(22)14-6-4-3-5-7-14/h3-7,15H,8-13H2,1-2H3. The summed E-state index contributed by atoms with van der Waals surface area (Å²) in [5.41, 5.74) is 0.666. The van der Waals surface area contributed by atoms with Crippen molar-refractivity contribution in [3.63, 3.8) is 0 Å². The van der Waals surface area contributed by atoms with Gasteiger partial charge in [0.1, 0.15) is 0 Å². The number of nitrogens with zero attached hydrogens (tertiary/aromatic N) is 2. The largest absolute Gasteiger partial charge is 0.349 e. The fraction of sp³-hybridized carbons (Fsp3) is 0.556. The molecule has 2 aliphatic rings. The molecule has 24 heavy (non-hydrogen) atoms. The molecule has 0 saturated carbocycles. The summed E-state index contributed by atoms with van der Waals surface area (Å²) in [6, 6.07) is 9.23. The van der Waals surface area contributed by atoms with E-state index in [1.807, 2.05) is 30.3 Å². The lowest BCUT2D eigenvalue weighted by Gasteiger charge is -2.44. The van der Waals surface area contributed by atoms with Crippen molar-refractivity contribution >= 4 is 11.8 Å². The molecule has 0 N–H and O–H groups in total. The maximum atomic E-state index is 12.7. The first-order chi connectivity index (χ1) is 11.5. The zero-order valence-corrected chi connectivity index (χ0v) is 14.2. The third-order valence-corrected chi connectivity index (χ3v) is 4.80. The van der Waals surface area contributed by atoms with Gasteiger partial charge in [-0.25, -0.2) is 0 Å². The summed E-state index contributed by atoms with van der Waals surface area (Å²) in [4.78, 5) is 28.3. The van der Waals surface area contributed by atoms with E-state index in [-0.39, 0.29) is 17.7 Å². The van der Waals surface area contributed by atoms with Crippen molar-refractivity contribution in [3.8, 4) is 0 Å². The molecule has 1 atom stereocenters. The SMILES string of the molecule is CN(C)C(=O)CC1CN(C(=O)c2ccccc2)CCC12OCCO2. The molecule has 0 aromatic heterocycles. The minimum atomic E-state index is -0.723. The van der Waals surface area contributed by atoms with Crippen LogP contribution in [0.5, 0.6) is 0 Å². The lowest BCUT2D eigenvalue weighted by Crippen LogP contribution is -2.55. The second-order valence-electron chi connectivity index (χ2n) is 6.57. The number of hydrogen-bond acceptors (Lipinski definition) is 4. The van der Waals surface area contributed by atoms with Gasteiger partial charge in [-0.05, 0) is 12.1 Å². The lowest BCUT2D eigenvalue weighted by atomic mass is 9.87. The first-order valence-electron chi connectivity index (χ1n) is 8.34. The highest BCUT2D eigenvalue weighted by Crippen LogP contribution is 2.38. The number of likely N-dealkylation sites (tertiary alicyclic amines) is 1. The molecule has 1 aromatic carbocycles. The van der Waals surface area contributed by atoms with Crippen molar-refractivity contribution in [1.29, 1.82) is 0 Å². The van der Waals surface area contributed by atoms with Gasteiger partial charge in [0, 0.05) is 51.5 Å². The normalized spacial score (nSPS) is 22.6. The molecule has 130 valence electrons. The van der Waals surface area contributed by atoms with E-state index in [2.05, 4.69) is 0 Å². The highest BCUT2D eigenvalue weighted by Gasteiger charge is 2.49. The third-order valence-electron chi connectivity index (χ3n) is 4.80. The van der Waals surface area contributed by atoms with Crippen LogP contribution in [0.25, 0.3) is 0 Å². The summed E-state index contributed by atoms with van der Waals surface area (Å²) in [6.07, 6.45) is 0.905. The molecule has 2 fully saturated rings. The molecule has 2 heterocycles. The van der Waals surface area contributed by atoms with Crippen LogP contribution in [-0.4, -0.2) is 67.8 Å². The molecule has 2 aliphatic heterocycles. The van der Waals surface area contributed by atoms with Gasteiger partial charge in [0.05, 0.1) is 13.2 Å². The number of piperidine rings is 1. The number of amides is 2. The first-order valence-corrected chi connectivity index (χ1v) is 8.34. The fourth-order valence-corrected chi connectivity index (χ4v) is 3.40. The van der Waals surface area contributed by atoms with Crippen molar-refractivity contribution in [2.24, 2.45) is 5.92 Å². The first kappa shape index (κ1) is 16.9. The highest BCUT2D eigenvalue weighted by molar-refractivity contribution is 5.94. The van der Waals surface area contributed by atoms with Crippen LogP contribution in [0, 0.1) is 5.92 Å². The van der Waals surface area contributed by atoms with Gasteiger partial charge in [-0.2, -0.15) is 0 Å². The average molecular weight is 332 g/mol. The lowest BCUT2D eigenvalue weighted by molar-refractivity contribution is -0.219. The summed E-state index contributed by atoms with van der Waals surface area (Å²) < 4.78 is 11.8. The van der Waals surface area contributed by atoms with Gasteiger partial charge in [0.2, 0.25) is 5.91 Å². The van der Waals surface area contributed by atoms with Crippen molar-refractivity contribution < 1.29 is 19.1 Å². The summed E-state index contributed by atoms with van der Waals surface area (Å²) in [5.74, 6) is -0.867. The number of hydrogen-bond donors (Lipinski definition) is 0. The molecule has 0 aliphatic carbocycles. The van der Waals surface area contributed by atoms with E-state index in [0.29, 0.717) is 44.7 Å². The molecule has 6 heteroatoms. The third kappa shape index (κ3) is 3.30. The van der Waals surface area contributed by atoms with Crippen molar-refractivity contribution in [3.05, 3.63) is 35.9 Å². The minimum Gasteiger partial charge on any atom is -0.349 e. The van der Waals surface area contributed by atoms with Crippen LogP contribution in [0.15, 0.2) is 30.3 Å². The maximum absolute atomic E-state index is 12.7. The summed E-state index contributed by atoms with van der Waals surface area (Å²) in [5, 5.41) is 0. The van der Waals surface area contributed by atoms with Crippen LogP contribution in [0.1, 0.15) is 23.2 Å². The summed E-state index contributed by atoms with van der Waals surface area (Å²) in [7, 11) is 3.47. The van der Waals surface area contributed by atoms with Gasteiger partial charge < -0.3 is 19.3 Å². The second-order valence-corrected chi connectivity index (χ2v) is 6.57. The van der Waals surface area contributed by atoms with E-state index < -0.39 is 5.79 Å². The number of ether oxygens (including phenoxy) is 2. The average Bonchev–Trinajstić information content (AvgIpc) is 3.06. The van der Waals surface area contributed by atoms with E-state index in [1.54, 1.807) is 23.9 Å². The van der Waals surface area contributed by atoms with Gasteiger partial charge in [-0.15, -0.1) is 0 Å². The Hall–Kier alpha value is -1.92. The Kier molecular flexibility index (Phi) is 4.87. The Labute approximate surface area is 142 Å². The molecule has 3 rings (SSSR count).